The molecule has 1 saturated heterocycles. The van der Waals surface area contributed by atoms with E-state index in [1.807, 2.05) is 48.5 Å². The molecule has 0 aromatic heterocycles. The lowest BCUT2D eigenvalue weighted by Gasteiger charge is -2.23. The van der Waals surface area contributed by atoms with Crippen molar-refractivity contribution in [3.63, 3.8) is 0 Å². The van der Waals surface area contributed by atoms with Gasteiger partial charge in [-0.15, -0.1) is 0 Å². The van der Waals surface area contributed by atoms with Crippen LogP contribution in [0.15, 0.2) is 48.5 Å². The fourth-order valence-corrected chi connectivity index (χ4v) is 3.62. The lowest BCUT2D eigenvalue weighted by molar-refractivity contribution is -0.909. The fourth-order valence-electron chi connectivity index (χ4n) is 3.62. The van der Waals surface area contributed by atoms with Crippen LogP contribution in [-0.2, 0) is 22.6 Å². The molecule has 0 aliphatic carbocycles. The van der Waals surface area contributed by atoms with E-state index in [1.165, 1.54) is 18.5 Å². The van der Waals surface area contributed by atoms with Crippen LogP contribution in [0.3, 0.4) is 0 Å². The molecule has 0 bridgehead atoms. The third-order valence-corrected chi connectivity index (χ3v) is 5.44. The highest BCUT2D eigenvalue weighted by molar-refractivity contribution is 5.77. The van der Waals surface area contributed by atoms with Crippen molar-refractivity contribution in [3.05, 3.63) is 59.7 Å². The molecule has 1 fully saturated rings. The van der Waals surface area contributed by atoms with Crippen LogP contribution in [0, 0.1) is 0 Å². The molecule has 7 nitrogen and oxygen atoms in total. The molecule has 0 spiro atoms. The Morgan fingerprint density at radius 1 is 1.10 bits per heavy atom. The van der Waals surface area contributed by atoms with Gasteiger partial charge in [0.15, 0.2) is 18.1 Å². The number of hydrogen-bond acceptors (Lipinski definition) is 4. The number of carbonyl (C=O) groups is 1. The van der Waals surface area contributed by atoms with E-state index in [9.17, 15) is 4.79 Å². The minimum absolute atomic E-state index is 0.0431. The number of quaternary nitrogens is 2. The molecule has 3 rings (SSSR count). The molecule has 7 heteroatoms. The second-order valence-electron chi connectivity index (χ2n) is 7.78. The lowest BCUT2D eigenvalue weighted by Crippen LogP contribution is -3.14. The van der Waals surface area contributed by atoms with Gasteiger partial charge in [-0.3, -0.25) is 4.79 Å². The van der Waals surface area contributed by atoms with Gasteiger partial charge >= 0.3 is 0 Å². The summed E-state index contributed by atoms with van der Waals surface area (Å²) in [5, 5.41) is 5.19. The van der Waals surface area contributed by atoms with E-state index < -0.39 is 0 Å². The number of benzene rings is 2. The van der Waals surface area contributed by atoms with Crippen LogP contribution in [0.25, 0.3) is 0 Å². The number of hydrogen-bond donors (Lipinski definition) is 3. The molecule has 1 aliphatic rings. The summed E-state index contributed by atoms with van der Waals surface area (Å²) in [5.41, 5.74) is 2.23. The van der Waals surface area contributed by atoms with Crippen molar-refractivity contribution < 1.29 is 29.2 Å². The van der Waals surface area contributed by atoms with Crippen molar-refractivity contribution in [2.75, 3.05) is 53.1 Å². The first kappa shape index (κ1) is 23.1. The Hall–Kier alpha value is -2.61. The first-order valence-electron chi connectivity index (χ1n) is 11.1. The Morgan fingerprint density at radius 3 is 2.68 bits per heavy atom. The Kier molecular flexibility index (Phi) is 9.63. The van der Waals surface area contributed by atoms with E-state index in [-0.39, 0.29) is 12.5 Å². The molecule has 1 heterocycles. The van der Waals surface area contributed by atoms with Gasteiger partial charge < -0.3 is 29.7 Å². The van der Waals surface area contributed by atoms with Crippen molar-refractivity contribution in [2.45, 2.75) is 19.5 Å². The predicted molar refractivity (Wildman–Crippen MR) is 118 cm³/mol. The van der Waals surface area contributed by atoms with Crippen molar-refractivity contribution in [3.8, 4) is 11.5 Å². The number of ether oxygens (including phenoxy) is 3. The van der Waals surface area contributed by atoms with Gasteiger partial charge in [0.1, 0.15) is 19.6 Å². The van der Waals surface area contributed by atoms with Gasteiger partial charge in [0.05, 0.1) is 33.4 Å². The average Bonchev–Trinajstić information content (AvgIpc) is 2.82. The Bertz CT molecular complexity index is 795. The molecule has 2 aromatic rings. The zero-order valence-corrected chi connectivity index (χ0v) is 18.4. The number of nitrogens with two attached hydrogens (primary N) is 1. The van der Waals surface area contributed by atoms with Gasteiger partial charge in [0.25, 0.3) is 5.91 Å². The van der Waals surface area contributed by atoms with Crippen LogP contribution in [0.4, 0.5) is 0 Å². The SMILES string of the molecule is COc1cc(C[NH2+]CCC[NH+]2CCOCC2)ccc1OCC(=O)NCc1ccccc1. The monoisotopic (exact) mass is 429 g/mol. The van der Waals surface area contributed by atoms with E-state index in [0.717, 1.165) is 45.0 Å². The predicted octanol–water partition coefficient (Wildman–Crippen LogP) is -0.241. The fraction of sp³-hybridized carbons (Fsp3) is 0.458. The molecule has 2 aromatic carbocycles. The first-order chi connectivity index (χ1) is 15.2. The van der Waals surface area contributed by atoms with E-state index in [0.29, 0.717) is 18.0 Å². The number of morpholine rings is 1. The maximum absolute atomic E-state index is 12.1. The Labute approximate surface area is 184 Å². The third kappa shape index (κ3) is 8.20. The highest BCUT2D eigenvalue weighted by atomic mass is 16.5. The lowest BCUT2D eigenvalue weighted by atomic mass is 10.2. The average molecular weight is 430 g/mol. The zero-order chi connectivity index (χ0) is 21.7. The quantitative estimate of drug-likeness (QED) is 0.407. The number of amides is 1. The van der Waals surface area contributed by atoms with E-state index in [1.54, 1.807) is 12.0 Å². The third-order valence-electron chi connectivity index (χ3n) is 5.44. The van der Waals surface area contributed by atoms with E-state index in [2.05, 4.69) is 10.6 Å². The second kappa shape index (κ2) is 12.9. The van der Waals surface area contributed by atoms with Crippen LogP contribution >= 0.6 is 0 Å². The summed E-state index contributed by atoms with van der Waals surface area (Å²) in [5.74, 6) is 1.07. The van der Waals surface area contributed by atoms with Gasteiger partial charge in [-0.25, -0.2) is 0 Å². The second-order valence-corrected chi connectivity index (χ2v) is 7.78. The standard InChI is InChI=1S/C24H33N3O4/c1-29-23-16-21(17-25-10-5-11-27-12-14-30-15-13-27)8-9-22(23)31-19-24(28)26-18-20-6-3-2-4-7-20/h2-4,6-9,16,25H,5,10-15,17-19H2,1H3,(H,26,28)/p+2. The van der Waals surface area contributed by atoms with Crippen LogP contribution in [0.1, 0.15) is 17.5 Å². The van der Waals surface area contributed by atoms with Crippen LogP contribution < -0.4 is 25.0 Å². The smallest absolute Gasteiger partial charge is 0.258 e. The van der Waals surface area contributed by atoms with Crippen molar-refractivity contribution in [1.82, 2.24) is 5.32 Å². The van der Waals surface area contributed by atoms with Gasteiger partial charge in [-0.2, -0.15) is 0 Å². The van der Waals surface area contributed by atoms with Crippen LogP contribution in [0.5, 0.6) is 11.5 Å². The summed E-state index contributed by atoms with van der Waals surface area (Å²) in [6.07, 6.45) is 1.20. The zero-order valence-electron chi connectivity index (χ0n) is 18.4. The maximum atomic E-state index is 12.1. The minimum Gasteiger partial charge on any atom is -0.493 e. The summed E-state index contributed by atoms with van der Waals surface area (Å²) in [7, 11) is 1.62. The summed E-state index contributed by atoms with van der Waals surface area (Å²) in [6.45, 7) is 7.69. The molecule has 168 valence electrons. The number of carbonyl (C=O) groups excluding carboxylic acids is 1. The maximum Gasteiger partial charge on any atom is 0.258 e. The summed E-state index contributed by atoms with van der Waals surface area (Å²) in [6, 6.07) is 15.7. The Balaban J connectivity index is 1.36. The molecule has 1 aliphatic heterocycles. The number of nitrogens with one attached hydrogen (secondary N) is 2. The van der Waals surface area contributed by atoms with Crippen LogP contribution in [0.2, 0.25) is 0 Å². The molecule has 0 unspecified atom stereocenters. The van der Waals surface area contributed by atoms with Crippen LogP contribution in [-0.4, -0.2) is 59.0 Å². The summed E-state index contributed by atoms with van der Waals surface area (Å²) in [4.78, 5) is 13.7. The molecule has 0 atom stereocenters. The molecule has 0 radical (unpaired) electrons. The van der Waals surface area contributed by atoms with E-state index >= 15 is 0 Å². The molecule has 0 saturated carbocycles. The molecule has 4 N–H and O–H groups in total. The topological polar surface area (TPSA) is 77.8 Å². The molecule has 31 heavy (non-hydrogen) atoms. The normalized spacial score (nSPS) is 14.2. The first-order valence-corrected chi connectivity index (χ1v) is 11.1. The van der Waals surface area contributed by atoms with Gasteiger partial charge in [0, 0.05) is 18.5 Å². The summed E-state index contributed by atoms with van der Waals surface area (Å²) >= 11 is 0. The Morgan fingerprint density at radius 2 is 1.90 bits per heavy atom. The van der Waals surface area contributed by atoms with Gasteiger partial charge in [-0.1, -0.05) is 30.3 Å². The van der Waals surface area contributed by atoms with Gasteiger partial charge in [0.2, 0.25) is 0 Å². The van der Waals surface area contributed by atoms with Crippen molar-refractivity contribution in [2.24, 2.45) is 0 Å². The molecular weight excluding hydrogens is 394 g/mol. The summed E-state index contributed by atoms with van der Waals surface area (Å²) < 4.78 is 16.6. The molecule has 1 amide bonds. The van der Waals surface area contributed by atoms with Crippen molar-refractivity contribution in [1.29, 1.82) is 0 Å². The van der Waals surface area contributed by atoms with E-state index in [4.69, 9.17) is 14.2 Å². The largest absolute Gasteiger partial charge is 0.493 e. The highest BCUT2D eigenvalue weighted by Gasteiger charge is 2.13. The highest BCUT2D eigenvalue weighted by Crippen LogP contribution is 2.27. The number of methoxy groups -OCH3 is 1. The minimum atomic E-state index is -0.161. The number of rotatable bonds is 12. The molecular formula is C24H35N3O4+2. The van der Waals surface area contributed by atoms with Gasteiger partial charge in [-0.05, 0) is 23.8 Å². The van der Waals surface area contributed by atoms with Crippen molar-refractivity contribution >= 4 is 5.91 Å².